The van der Waals surface area contributed by atoms with E-state index in [0.29, 0.717) is 12.5 Å². The maximum Gasteiger partial charge on any atom is 0.189 e. The lowest BCUT2D eigenvalue weighted by Gasteiger charge is -2.07. The summed E-state index contributed by atoms with van der Waals surface area (Å²) in [5.74, 6) is 1.16. The molecule has 0 radical (unpaired) electrons. The summed E-state index contributed by atoms with van der Waals surface area (Å²) in [7, 11) is 0. The van der Waals surface area contributed by atoms with Gasteiger partial charge in [-0.3, -0.25) is 4.57 Å². The summed E-state index contributed by atoms with van der Waals surface area (Å²) in [6, 6.07) is 20.2. The van der Waals surface area contributed by atoms with Crippen molar-refractivity contribution in [1.29, 1.82) is 0 Å². The smallest absolute Gasteiger partial charge is 0.189 e. The van der Waals surface area contributed by atoms with E-state index in [1.165, 1.54) is 5.56 Å². The molecule has 25 heavy (non-hydrogen) atoms. The van der Waals surface area contributed by atoms with Gasteiger partial charge in [0, 0.05) is 12.2 Å². The zero-order valence-electron chi connectivity index (χ0n) is 13.7. The van der Waals surface area contributed by atoms with Crippen LogP contribution in [0.1, 0.15) is 11.4 Å². The molecule has 7 heteroatoms. The number of para-hydroxylation sites is 1. The molecule has 0 bridgehead atoms. The van der Waals surface area contributed by atoms with Crippen LogP contribution in [0, 0.1) is 0 Å². The van der Waals surface area contributed by atoms with E-state index in [2.05, 4.69) is 32.6 Å². The summed E-state index contributed by atoms with van der Waals surface area (Å²) in [6.07, 6.45) is 2.58. The first-order valence-corrected chi connectivity index (χ1v) is 7.85. The third-order valence-electron chi connectivity index (χ3n) is 3.61. The maximum absolute atomic E-state index is 5.92. The van der Waals surface area contributed by atoms with Crippen molar-refractivity contribution in [3.8, 4) is 5.69 Å². The van der Waals surface area contributed by atoms with Crippen molar-refractivity contribution in [3.63, 3.8) is 0 Å². The van der Waals surface area contributed by atoms with Gasteiger partial charge in [-0.1, -0.05) is 48.5 Å². The van der Waals surface area contributed by atoms with E-state index in [0.717, 1.165) is 24.5 Å². The second-order valence-corrected chi connectivity index (χ2v) is 5.32. The van der Waals surface area contributed by atoms with Crippen LogP contribution in [0.3, 0.4) is 0 Å². The number of halogens is 1. The number of guanidine groups is 1. The van der Waals surface area contributed by atoms with Gasteiger partial charge in [-0.2, -0.15) is 0 Å². The average Bonchev–Trinajstić information content (AvgIpc) is 3.10. The maximum atomic E-state index is 5.92. The first kappa shape index (κ1) is 18.9. The molecule has 0 fully saturated rings. The predicted octanol–water partition coefficient (Wildman–Crippen LogP) is 2.53. The Morgan fingerprint density at radius 3 is 2.44 bits per heavy atom. The Morgan fingerprint density at radius 1 is 1.04 bits per heavy atom. The van der Waals surface area contributed by atoms with E-state index in [4.69, 9.17) is 5.73 Å². The van der Waals surface area contributed by atoms with Crippen molar-refractivity contribution in [2.24, 2.45) is 10.7 Å². The van der Waals surface area contributed by atoms with Crippen LogP contribution in [0.2, 0.25) is 0 Å². The molecule has 3 rings (SSSR count). The molecule has 3 N–H and O–H groups in total. The van der Waals surface area contributed by atoms with Gasteiger partial charge < -0.3 is 11.1 Å². The molecule has 1 heterocycles. The Hall–Kier alpha value is -2.42. The quantitative estimate of drug-likeness (QED) is 0.345. The zero-order valence-corrected chi connectivity index (χ0v) is 16.1. The molecule has 0 amide bonds. The number of hydrogen-bond acceptors (Lipinski definition) is 3. The fourth-order valence-electron chi connectivity index (χ4n) is 2.36. The van der Waals surface area contributed by atoms with E-state index in [-0.39, 0.29) is 24.0 Å². The fourth-order valence-corrected chi connectivity index (χ4v) is 2.36. The molecule has 3 aromatic rings. The van der Waals surface area contributed by atoms with Gasteiger partial charge in [-0.05, 0) is 24.1 Å². The zero-order chi connectivity index (χ0) is 16.6. The van der Waals surface area contributed by atoms with Crippen molar-refractivity contribution >= 4 is 29.9 Å². The van der Waals surface area contributed by atoms with Crippen LogP contribution < -0.4 is 11.1 Å². The highest BCUT2D eigenvalue weighted by molar-refractivity contribution is 14.0. The van der Waals surface area contributed by atoms with Gasteiger partial charge in [0.2, 0.25) is 0 Å². The van der Waals surface area contributed by atoms with Gasteiger partial charge in [0.05, 0.1) is 0 Å². The Morgan fingerprint density at radius 2 is 1.72 bits per heavy atom. The van der Waals surface area contributed by atoms with Crippen LogP contribution in [0.4, 0.5) is 0 Å². The number of benzene rings is 2. The van der Waals surface area contributed by atoms with Crippen molar-refractivity contribution in [2.75, 3.05) is 6.54 Å². The monoisotopic (exact) mass is 448 g/mol. The van der Waals surface area contributed by atoms with Crippen molar-refractivity contribution in [1.82, 2.24) is 20.1 Å². The van der Waals surface area contributed by atoms with Crippen LogP contribution in [-0.4, -0.2) is 27.3 Å². The van der Waals surface area contributed by atoms with Gasteiger partial charge in [0.15, 0.2) is 11.8 Å². The van der Waals surface area contributed by atoms with E-state index >= 15 is 0 Å². The minimum Gasteiger partial charge on any atom is -0.370 e. The van der Waals surface area contributed by atoms with E-state index < -0.39 is 0 Å². The topological polar surface area (TPSA) is 81.1 Å². The first-order chi connectivity index (χ1) is 11.8. The summed E-state index contributed by atoms with van der Waals surface area (Å²) in [5, 5.41) is 11.2. The Bertz CT molecular complexity index is 786. The second-order valence-electron chi connectivity index (χ2n) is 5.32. The summed E-state index contributed by atoms with van der Waals surface area (Å²) < 4.78 is 1.90. The highest BCUT2D eigenvalue weighted by Gasteiger charge is 2.05. The summed E-state index contributed by atoms with van der Waals surface area (Å²) in [6.45, 7) is 1.11. The highest BCUT2D eigenvalue weighted by Crippen LogP contribution is 2.09. The molecule has 0 saturated carbocycles. The van der Waals surface area contributed by atoms with Gasteiger partial charge in [-0.25, -0.2) is 4.99 Å². The lowest BCUT2D eigenvalue weighted by atomic mass is 10.1. The van der Waals surface area contributed by atoms with Gasteiger partial charge >= 0.3 is 0 Å². The minimum absolute atomic E-state index is 0. The van der Waals surface area contributed by atoms with Crippen molar-refractivity contribution in [3.05, 3.63) is 78.4 Å². The predicted molar refractivity (Wildman–Crippen MR) is 110 cm³/mol. The third kappa shape index (κ3) is 5.56. The van der Waals surface area contributed by atoms with Crippen molar-refractivity contribution < 1.29 is 0 Å². The normalized spacial score (nSPS) is 11.0. The van der Waals surface area contributed by atoms with Crippen LogP contribution in [0.15, 0.2) is 72.0 Å². The number of rotatable bonds is 6. The third-order valence-corrected chi connectivity index (χ3v) is 3.61. The SMILES string of the molecule is I.NC(=NCc1nncn1-c1ccccc1)NCCc1ccccc1. The lowest BCUT2D eigenvalue weighted by Crippen LogP contribution is -2.33. The number of nitrogens with zero attached hydrogens (tertiary/aromatic N) is 4. The molecule has 2 aromatic carbocycles. The molecule has 0 atom stereocenters. The molecule has 0 spiro atoms. The second kappa shape index (κ2) is 9.77. The molecule has 1 aromatic heterocycles. The number of nitrogens with two attached hydrogens (primary N) is 1. The largest absolute Gasteiger partial charge is 0.370 e. The summed E-state index contributed by atoms with van der Waals surface area (Å²) in [4.78, 5) is 4.34. The van der Waals surface area contributed by atoms with Crippen LogP contribution in [0.5, 0.6) is 0 Å². The number of aromatic nitrogens is 3. The van der Waals surface area contributed by atoms with Crippen molar-refractivity contribution in [2.45, 2.75) is 13.0 Å². The fraction of sp³-hybridized carbons (Fsp3) is 0.167. The molecule has 130 valence electrons. The Kier molecular flexibility index (Phi) is 7.39. The van der Waals surface area contributed by atoms with Crippen LogP contribution >= 0.6 is 24.0 Å². The van der Waals surface area contributed by atoms with Crippen LogP contribution in [-0.2, 0) is 13.0 Å². The summed E-state index contributed by atoms with van der Waals surface area (Å²) in [5.41, 5.74) is 8.19. The number of hydrogen-bond donors (Lipinski definition) is 2. The van der Waals surface area contributed by atoms with Crippen LogP contribution in [0.25, 0.3) is 5.69 Å². The lowest BCUT2D eigenvalue weighted by molar-refractivity contribution is 0.822. The Labute approximate surface area is 164 Å². The minimum atomic E-state index is 0. The van der Waals surface area contributed by atoms with E-state index in [9.17, 15) is 0 Å². The van der Waals surface area contributed by atoms with Gasteiger partial charge in [0.1, 0.15) is 12.9 Å². The average molecular weight is 448 g/mol. The van der Waals surface area contributed by atoms with Gasteiger partial charge in [0.25, 0.3) is 0 Å². The molecule has 0 saturated heterocycles. The Balaban J connectivity index is 0.00000225. The molecule has 0 unspecified atom stereocenters. The first-order valence-electron chi connectivity index (χ1n) is 7.85. The standard InChI is InChI=1S/C18H20N6.HI/c19-18(20-12-11-15-7-3-1-4-8-15)21-13-17-23-22-14-24(17)16-9-5-2-6-10-16;/h1-10,14H,11-13H2,(H3,19,20,21);1H. The molecule has 6 nitrogen and oxygen atoms in total. The highest BCUT2D eigenvalue weighted by atomic mass is 127. The molecular formula is C18H21IN6. The summed E-state index contributed by atoms with van der Waals surface area (Å²) >= 11 is 0. The molecule has 0 aliphatic heterocycles. The van der Waals surface area contributed by atoms with Gasteiger partial charge in [-0.15, -0.1) is 34.2 Å². The number of nitrogens with one attached hydrogen (secondary N) is 1. The number of aliphatic imine (C=N–C) groups is 1. The molecule has 0 aliphatic carbocycles. The molecule has 0 aliphatic rings. The molecular weight excluding hydrogens is 427 g/mol. The van der Waals surface area contributed by atoms with E-state index in [1.807, 2.05) is 53.1 Å². The van der Waals surface area contributed by atoms with E-state index in [1.54, 1.807) is 6.33 Å².